The van der Waals surface area contributed by atoms with Gasteiger partial charge in [-0.15, -0.1) is 0 Å². The SMILES string of the molecule is COc1ccc(-c2[c]cccn2)cc1. The van der Waals surface area contributed by atoms with Gasteiger partial charge in [-0.05, 0) is 30.3 Å². The van der Waals surface area contributed by atoms with E-state index in [2.05, 4.69) is 11.1 Å². The predicted octanol–water partition coefficient (Wildman–Crippen LogP) is 2.56. The van der Waals surface area contributed by atoms with Crippen molar-refractivity contribution in [2.24, 2.45) is 0 Å². The minimum absolute atomic E-state index is 0.852. The van der Waals surface area contributed by atoms with Crippen molar-refractivity contribution in [2.45, 2.75) is 0 Å². The molecule has 2 heteroatoms. The number of nitrogens with zero attached hydrogens (tertiary/aromatic N) is 1. The van der Waals surface area contributed by atoms with Gasteiger partial charge in [0.1, 0.15) is 5.75 Å². The van der Waals surface area contributed by atoms with Crippen LogP contribution in [0.1, 0.15) is 0 Å². The summed E-state index contributed by atoms with van der Waals surface area (Å²) in [6.07, 6.45) is 1.76. The molecule has 0 bridgehead atoms. The maximum absolute atomic E-state index is 5.07. The number of hydrogen-bond acceptors (Lipinski definition) is 2. The summed E-state index contributed by atoms with van der Waals surface area (Å²) >= 11 is 0. The van der Waals surface area contributed by atoms with Crippen LogP contribution in [0.25, 0.3) is 11.3 Å². The lowest BCUT2D eigenvalue weighted by Crippen LogP contribution is -1.84. The average Bonchev–Trinajstić information content (AvgIpc) is 2.30. The first kappa shape index (κ1) is 8.75. The first-order valence-electron chi connectivity index (χ1n) is 4.37. The Labute approximate surface area is 83.2 Å². The fraction of sp³-hybridized carbons (Fsp3) is 0.0833. The standard InChI is InChI=1S/C12H10NO/c1-14-11-7-5-10(6-8-11)12-4-2-3-9-13-12/h2-3,5-9H,1H3. The van der Waals surface area contributed by atoms with Gasteiger partial charge in [0, 0.05) is 17.8 Å². The van der Waals surface area contributed by atoms with Crippen LogP contribution in [-0.2, 0) is 0 Å². The van der Waals surface area contributed by atoms with Crippen LogP contribution in [0.4, 0.5) is 0 Å². The van der Waals surface area contributed by atoms with Crippen LogP contribution in [0.15, 0.2) is 42.6 Å². The molecule has 0 aliphatic carbocycles. The Hall–Kier alpha value is -1.83. The van der Waals surface area contributed by atoms with Crippen molar-refractivity contribution < 1.29 is 4.74 Å². The molecule has 69 valence electrons. The minimum atomic E-state index is 0.852. The summed E-state index contributed by atoms with van der Waals surface area (Å²) in [5, 5.41) is 0. The van der Waals surface area contributed by atoms with Gasteiger partial charge in [0.25, 0.3) is 0 Å². The number of aromatic nitrogens is 1. The fourth-order valence-corrected chi connectivity index (χ4v) is 1.23. The third-order valence-electron chi connectivity index (χ3n) is 1.97. The highest BCUT2D eigenvalue weighted by Crippen LogP contribution is 2.19. The van der Waals surface area contributed by atoms with Crippen LogP contribution in [0.3, 0.4) is 0 Å². The summed E-state index contributed by atoms with van der Waals surface area (Å²) in [5.74, 6) is 0.852. The van der Waals surface area contributed by atoms with Crippen LogP contribution >= 0.6 is 0 Å². The Bertz CT molecular complexity index is 394. The van der Waals surface area contributed by atoms with Gasteiger partial charge in [0.05, 0.1) is 12.8 Å². The first-order chi connectivity index (χ1) is 6.90. The zero-order valence-corrected chi connectivity index (χ0v) is 7.90. The van der Waals surface area contributed by atoms with Gasteiger partial charge >= 0.3 is 0 Å². The summed E-state index contributed by atoms with van der Waals surface area (Å²) in [4.78, 5) is 4.21. The molecule has 0 fully saturated rings. The molecular weight excluding hydrogens is 174 g/mol. The molecule has 0 aliphatic rings. The van der Waals surface area contributed by atoms with E-state index >= 15 is 0 Å². The second-order valence-corrected chi connectivity index (χ2v) is 2.86. The second kappa shape index (κ2) is 3.92. The zero-order chi connectivity index (χ0) is 9.80. The van der Waals surface area contributed by atoms with Gasteiger partial charge in [-0.3, -0.25) is 4.98 Å². The molecule has 1 aromatic heterocycles. The maximum atomic E-state index is 5.07. The topological polar surface area (TPSA) is 22.1 Å². The number of pyridine rings is 1. The average molecular weight is 184 g/mol. The molecule has 0 saturated carbocycles. The molecule has 0 saturated heterocycles. The summed E-state index contributed by atoms with van der Waals surface area (Å²) < 4.78 is 5.07. The number of benzene rings is 1. The Morgan fingerprint density at radius 2 is 2.00 bits per heavy atom. The van der Waals surface area contributed by atoms with E-state index in [4.69, 9.17) is 4.74 Å². The van der Waals surface area contributed by atoms with Gasteiger partial charge in [0.2, 0.25) is 0 Å². The highest BCUT2D eigenvalue weighted by molar-refractivity contribution is 5.59. The van der Waals surface area contributed by atoms with Crippen molar-refractivity contribution in [1.82, 2.24) is 4.98 Å². The Balaban J connectivity index is 2.34. The quantitative estimate of drug-likeness (QED) is 0.715. The molecule has 0 N–H and O–H groups in total. The lowest BCUT2D eigenvalue weighted by molar-refractivity contribution is 0.415. The van der Waals surface area contributed by atoms with E-state index in [0.29, 0.717) is 0 Å². The van der Waals surface area contributed by atoms with Crippen molar-refractivity contribution in [1.29, 1.82) is 0 Å². The number of rotatable bonds is 2. The van der Waals surface area contributed by atoms with Gasteiger partial charge in [0.15, 0.2) is 0 Å². The zero-order valence-electron chi connectivity index (χ0n) is 7.90. The molecule has 1 heterocycles. The third-order valence-corrected chi connectivity index (χ3v) is 1.97. The van der Waals surface area contributed by atoms with Crippen LogP contribution in [0.5, 0.6) is 5.75 Å². The molecule has 0 atom stereocenters. The third kappa shape index (κ3) is 1.74. The Morgan fingerprint density at radius 3 is 2.57 bits per heavy atom. The first-order valence-corrected chi connectivity index (χ1v) is 4.37. The highest BCUT2D eigenvalue weighted by Gasteiger charge is 1.97. The van der Waals surface area contributed by atoms with Crippen molar-refractivity contribution in [3.63, 3.8) is 0 Å². The highest BCUT2D eigenvalue weighted by atomic mass is 16.5. The summed E-state index contributed by atoms with van der Waals surface area (Å²) in [5.41, 5.74) is 1.90. The van der Waals surface area contributed by atoms with Gasteiger partial charge in [-0.1, -0.05) is 6.07 Å². The monoisotopic (exact) mass is 184 g/mol. The largest absolute Gasteiger partial charge is 0.497 e. The van der Waals surface area contributed by atoms with E-state index in [0.717, 1.165) is 17.0 Å². The Morgan fingerprint density at radius 1 is 1.21 bits per heavy atom. The molecule has 1 aromatic carbocycles. The van der Waals surface area contributed by atoms with Crippen LogP contribution < -0.4 is 4.74 Å². The van der Waals surface area contributed by atoms with Crippen LogP contribution in [-0.4, -0.2) is 12.1 Å². The van der Waals surface area contributed by atoms with Crippen molar-refractivity contribution in [2.75, 3.05) is 7.11 Å². The molecule has 2 rings (SSSR count). The molecule has 14 heavy (non-hydrogen) atoms. The van der Waals surface area contributed by atoms with Crippen molar-refractivity contribution in [3.05, 3.63) is 48.7 Å². The molecule has 1 radical (unpaired) electrons. The Kier molecular flexibility index (Phi) is 2.45. The van der Waals surface area contributed by atoms with E-state index in [1.807, 2.05) is 36.4 Å². The number of hydrogen-bond donors (Lipinski definition) is 0. The molecule has 0 spiro atoms. The molecule has 0 unspecified atom stereocenters. The minimum Gasteiger partial charge on any atom is -0.497 e. The summed E-state index contributed by atoms with van der Waals surface area (Å²) in [6.45, 7) is 0. The number of ether oxygens (including phenoxy) is 1. The summed E-state index contributed by atoms with van der Waals surface area (Å²) in [7, 11) is 1.65. The lowest BCUT2D eigenvalue weighted by atomic mass is 10.1. The molecule has 2 aromatic rings. The maximum Gasteiger partial charge on any atom is 0.118 e. The van der Waals surface area contributed by atoms with E-state index in [9.17, 15) is 0 Å². The van der Waals surface area contributed by atoms with E-state index < -0.39 is 0 Å². The van der Waals surface area contributed by atoms with Crippen molar-refractivity contribution >= 4 is 0 Å². The molecule has 2 nitrogen and oxygen atoms in total. The van der Waals surface area contributed by atoms with Gasteiger partial charge in [-0.25, -0.2) is 0 Å². The number of methoxy groups -OCH3 is 1. The van der Waals surface area contributed by atoms with E-state index in [1.165, 1.54) is 0 Å². The van der Waals surface area contributed by atoms with Crippen LogP contribution in [0.2, 0.25) is 0 Å². The van der Waals surface area contributed by atoms with Gasteiger partial charge in [-0.2, -0.15) is 0 Å². The second-order valence-electron chi connectivity index (χ2n) is 2.86. The smallest absolute Gasteiger partial charge is 0.118 e. The lowest BCUT2D eigenvalue weighted by Gasteiger charge is -2.01. The van der Waals surface area contributed by atoms with Gasteiger partial charge < -0.3 is 4.74 Å². The van der Waals surface area contributed by atoms with Crippen LogP contribution in [0, 0.1) is 6.07 Å². The molecule has 0 amide bonds. The molecule has 0 aliphatic heterocycles. The van der Waals surface area contributed by atoms with E-state index in [1.54, 1.807) is 13.3 Å². The predicted molar refractivity (Wildman–Crippen MR) is 55.1 cm³/mol. The summed E-state index contributed by atoms with van der Waals surface area (Å²) in [6, 6.07) is 14.5. The van der Waals surface area contributed by atoms with E-state index in [-0.39, 0.29) is 0 Å². The fourth-order valence-electron chi connectivity index (χ4n) is 1.23. The normalized spacial score (nSPS) is 9.79. The van der Waals surface area contributed by atoms with Crippen molar-refractivity contribution in [3.8, 4) is 17.0 Å². The molecular formula is C12H10NO.